The summed E-state index contributed by atoms with van der Waals surface area (Å²) in [6, 6.07) is 18.7. The van der Waals surface area contributed by atoms with Crippen LogP contribution >= 0.6 is 0 Å². The number of fused-ring (bicyclic) bond motifs is 4. The van der Waals surface area contributed by atoms with Crippen LogP contribution in [0.5, 0.6) is 0 Å². The Hall–Kier alpha value is -3.64. The monoisotopic (exact) mass is 482 g/mol. The van der Waals surface area contributed by atoms with Crippen LogP contribution in [0.3, 0.4) is 0 Å². The van der Waals surface area contributed by atoms with Crippen LogP contribution in [-0.4, -0.2) is 0 Å². The van der Waals surface area contributed by atoms with E-state index < -0.39 is 0 Å². The fraction of sp³-hybridized carbons (Fsp3) is 0.243. The largest absolute Gasteiger partial charge is 0.0990 e. The number of rotatable bonds is 4. The van der Waals surface area contributed by atoms with Crippen molar-refractivity contribution in [3.05, 3.63) is 131 Å². The van der Waals surface area contributed by atoms with Crippen LogP contribution in [-0.2, 0) is 10.8 Å². The van der Waals surface area contributed by atoms with Gasteiger partial charge in [0.1, 0.15) is 0 Å². The van der Waals surface area contributed by atoms with Crippen molar-refractivity contribution in [3.8, 4) is 22.3 Å². The molecule has 0 saturated carbocycles. The fourth-order valence-electron chi connectivity index (χ4n) is 6.60. The molecule has 0 aliphatic heterocycles. The third-order valence-electron chi connectivity index (χ3n) is 8.66. The van der Waals surface area contributed by atoms with Gasteiger partial charge in [0.15, 0.2) is 0 Å². The maximum absolute atomic E-state index is 4.14. The molecule has 0 nitrogen and oxygen atoms in total. The van der Waals surface area contributed by atoms with Crippen LogP contribution in [0.25, 0.3) is 33.4 Å². The molecule has 0 spiro atoms. The van der Waals surface area contributed by atoms with Gasteiger partial charge in [0.2, 0.25) is 0 Å². The van der Waals surface area contributed by atoms with Gasteiger partial charge in [-0.15, -0.1) is 0 Å². The van der Waals surface area contributed by atoms with Crippen molar-refractivity contribution in [2.75, 3.05) is 0 Å². The summed E-state index contributed by atoms with van der Waals surface area (Å²) in [7, 11) is 0. The molecule has 186 valence electrons. The number of aryl methyl sites for hydroxylation is 1. The zero-order valence-electron chi connectivity index (χ0n) is 23.4. The molecule has 0 N–H and O–H groups in total. The first-order valence-electron chi connectivity index (χ1n) is 13.3. The predicted molar refractivity (Wildman–Crippen MR) is 163 cm³/mol. The Labute approximate surface area is 223 Å². The van der Waals surface area contributed by atoms with Gasteiger partial charge >= 0.3 is 0 Å². The molecule has 0 unspecified atom stereocenters. The standard InChI is InChI=1S/C37H38/c1-10-14-26-30-21-35-31(22-34(30)36(6,7)32(26)13-4)29-19-27(25-17-15-23(5)16-18-25)28(24(11-2)12-3)20-33(29)37(35,8)9/h10-22H,1-2H2,3-9H3/b24-12+,26-14-,32-13+. The van der Waals surface area contributed by atoms with Gasteiger partial charge in [0, 0.05) is 10.8 Å². The first-order chi connectivity index (χ1) is 17.6. The van der Waals surface area contributed by atoms with Crippen molar-refractivity contribution in [3.63, 3.8) is 0 Å². The molecule has 3 aromatic rings. The second-order valence-corrected chi connectivity index (χ2v) is 11.5. The normalized spacial score (nSPS) is 19.1. The Morgan fingerprint density at radius 2 is 1.32 bits per heavy atom. The van der Waals surface area contributed by atoms with Gasteiger partial charge in [-0.25, -0.2) is 0 Å². The maximum atomic E-state index is 4.14. The highest BCUT2D eigenvalue weighted by Crippen LogP contribution is 2.57. The van der Waals surface area contributed by atoms with Crippen molar-refractivity contribution >= 4 is 11.1 Å². The summed E-state index contributed by atoms with van der Waals surface area (Å²) in [4.78, 5) is 0. The van der Waals surface area contributed by atoms with E-state index in [4.69, 9.17) is 0 Å². The number of hydrogen-bond acceptors (Lipinski definition) is 0. The summed E-state index contributed by atoms with van der Waals surface area (Å²) < 4.78 is 0. The fourth-order valence-corrected chi connectivity index (χ4v) is 6.60. The Kier molecular flexibility index (Phi) is 5.91. The van der Waals surface area contributed by atoms with Crippen molar-refractivity contribution in [1.82, 2.24) is 0 Å². The summed E-state index contributed by atoms with van der Waals surface area (Å²) in [6.07, 6.45) is 10.5. The van der Waals surface area contributed by atoms with Gasteiger partial charge in [-0.05, 0) is 112 Å². The predicted octanol–water partition coefficient (Wildman–Crippen LogP) is 10.4. The van der Waals surface area contributed by atoms with Crippen LogP contribution in [0.1, 0.15) is 74.9 Å². The van der Waals surface area contributed by atoms with E-state index in [0.717, 1.165) is 0 Å². The topological polar surface area (TPSA) is 0 Å². The number of hydrogen-bond donors (Lipinski definition) is 0. The smallest absolute Gasteiger partial charge is 0.0159 e. The second kappa shape index (κ2) is 8.73. The highest BCUT2D eigenvalue weighted by atomic mass is 14.5. The van der Waals surface area contributed by atoms with Crippen molar-refractivity contribution in [1.29, 1.82) is 0 Å². The Bertz CT molecular complexity index is 1540. The molecule has 2 aliphatic carbocycles. The highest BCUT2D eigenvalue weighted by Gasteiger charge is 2.43. The number of benzene rings is 3. The van der Waals surface area contributed by atoms with Gasteiger partial charge in [-0.3, -0.25) is 0 Å². The molecule has 0 radical (unpaired) electrons. The molecular formula is C37H38. The number of allylic oxidation sites excluding steroid dienone is 8. The van der Waals surface area contributed by atoms with E-state index in [-0.39, 0.29) is 10.8 Å². The average molecular weight is 483 g/mol. The first-order valence-corrected chi connectivity index (χ1v) is 13.3. The zero-order valence-corrected chi connectivity index (χ0v) is 23.4. The van der Waals surface area contributed by atoms with E-state index in [1.54, 1.807) is 0 Å². The van der Waals surface area contributed by atoms with Gasteiger partial charge in [0.05, 0.1) is 0 Å². The Morgan fingerprint density at radius 3 is 1.92 bits per heavy atom. The van der Waals surface area contributed by atoms with E-state index in [1.165, 1.54) is 72.4 Å². The summed E-state index contributed by atoms with van der Waals surface area (Å²) in [5.74, 6) is 0. The summed E-state index contributed by atoms with van der Waals surface area (Å²) >= 11 is 0. The molecule has 0 fully saturated rings. The van der Waals surface area contributed by atoms with Crippen molar-refractivity contribution in [2.45, 2.75) is 59.3 Å². The molecule has 0 heteroatoms. The van der Waals surface area contributed by atoms with Crippen LogP contribution in [0.15, 0.2) is 97.6 Å². The van der Waals surface area contributed by atoms with Gasteiger partial charge < -0.3 is 0 Å². The van der Waals surface area contributed by atoms with Crippen LogP contribution < -0.4 is 0 Å². The molecule has 0 atom stereocenters. The van der Waals surface area contributed by atoms with Crippen molar-refractivity contribution in [2.24, 2.45) is 0 Å². The zero-order chi connectivity index (χ0) is 26.7. The quantitative estimate of drug-likeness (QED) is 0.324. The molecule has 0 aromatic heterocycles. The van der Waals surface area contributed by atoms with E-state index in [0.29, 0.717) is 0 Å². The minimum absolute atomic E-state index is 0.0540. The molecule has 0 saturated heterocycles. The lowest BCUT2D eigenvalue weighted by atomic mass is 9.79. The van der Waals surface area contributed by atoms with Gasteiger partial charge in [0.25, 0.3) is 0 Å². The van der Waals surface area contributed by atoms with Crippen LogP contribution in [0.2, 0.25) is 0 Å². The molecular weight excluding hydrogens is 444 g/mol. The lowest BCUT2D eigenvalue weighted by Gasteiger charge is -2.24. The third kappa shape index (κ3) is 3.57. The van der Waals surface area contributed by atoms with E-state index in [2.05, 4.69) is 128 Å². The molecule has 5 rings (SSSR count). The lowest BCUT2D eigenvalue weighted by Crippen LogP contribution is -2.17. The lowest BCUT2D eigenvalue weighted by molar-refractivity contribution is 0.650. The maximum Gasteiger partial charge on any atom is 0.0159 e. The van der Waals surface area contributed by atoms with Gasteiger partial charge in [-0.1, -0.05) is 101 Å². The van der Waals surface area contributed by atoms with E-state index >= 15 is 0 Å². The molecule has 0 heterocycles. The summed E-state index contributed by atoms with van der Waals surface area (Å²) in [5, 5.41) is 0. The third-order valence-corrected chi connectivity index (χ3v) is 8.66. The first kappa shape index (κ1) is 25.0. The molecule has 37 heavy (non-hydrogen) atoms. The van der Waals surface area contributed by atoms with Crippen LogP contribution in [0, 0.1) is 6.92 Å². The van der Waals surface area contributed by atoms with Crippen molar-refractivity contribution < 1.29 is 0 Å². The Balaban J connectivity index is 1.84. The molecule has 0 bridgehead atoms. The molecule has 0 amide bonds. The summed E-state index contributed by atoms with van der Waals surface area (Å²) in [6.45, 7) is 24.0. The molecule has 3 aromatic carbocycles. The van der Waals surface area contributed by atoms with E-state index in [9.17, 15) is 0 Å². The van der Waals surface area contributed by atoms with Crippen LogP contribution in [0.4, 0.5) is 0 Å². The minimum atomic E-state index is -0.109. The molecule has 2 aliphatic rings. The second-order valence-electron chi connectivity index (χ2n) is 11.5. The Morgan fingerprint density at radius 1 is 0.730 bits per heavy atom. The average Bonchev–Trinajstić information content (AvgIpc) is 3.22. The highest BCUT2D eigenvalue weighted by molar-refractivity contribution is 5.96. The van der Waals surface area contributed by atoms with Gasteiger partial charge in [-0.2, -0.15) is 0 Å². The van der Waals surface area contributed by atoms with E-state index in [1.807, 2.05) is 12.2 Å². The summed E-state index contributed by atoms with van der Waals surface area (Å²) in [5.41, 5.74) is 16.9. The minimum Gasteiger partial charge on any atom is -0.0990 e. The SMILES string of the molecule is C=C/C=C1\C(=C/C)C(C)(C)c2cc3c(cc21)C(C)(C)c1cc(/C(C=C)=C/C)c(-c2ccc(C)cc2)cc1-3.